The van der Waals surface area contributed by atoms with Gasteiger partial charge in [0.15, 0.2) is 11.6 Å². The molecule has 1 amide bonds. The van der Waals surface area contributed by atoms with Crippen LogP contribution in [0.2, 0.25) is 0 Å². The van der Waals surface area contributed by atoms with Crippen molar-refractivity contribution in [2.24, 2.45) is 11.8 Å². The zero-order valence-electron chi connectivity index (χ0n) is 28.5. The van der Waals surface area contributed by atoms with Crippen LogP contribution in [0.25, 0.3) is 0 Å². The third kappa shape index (κ3) is 10.9. The quantitative estimate of drug-likeness (QED) is 0.126. The molecule has 0 aliphatic carbocycles. The first-order chi connectivity index (χ1) is 22.3. The van der Waals surface area contributed by atoms with Gasteiger partial charge in [0.25, 0.3) is 0 Å². The number of benzene rings is 1. The summed E-state index contributed by atoms with van der Waals surface area (Å²) >= 11 is 0. The van der Waals surface area contributed by atoms with Crippen LogP contribution in [-0.2, 0) is 44.6 Å². The van der Waals surface area contributed by atoms with Gasteiger partial charge in [-0.2, -0.15) is 0 Å². The summed E-state index contributed by atoms with van der Waals surface area (Å²) in [6, 6.07) is 9.65. The zero-order chi connectivity index (χ0) is 34.2. The number of hydrogen-bond acceptors (Lipinski definition) is 9. The van der Waals surface area contributed by atoms with Crippen molar-refractivity contribution in [2.45, 2.75) is 116 Å². The van der Waals surface area contributed by atoms with Crippen LogP contribution in [0.4, 0.5) is 0 Å². The summed E-state index contributed by atoms with van der Waals surface area (Å²) in [6.45, 7) is 11.6. The number of nitrogens with one attached hydrogen (secondary N) is 1. The lowest BCUT2D eigenvalue weighted by molar-refractivity contribution is -0.292. The van der Waals surface area contributed by atoms with Crippen molar-refractivity contribution in [3.63, 3.8) is 0 Å². The van der Waals surface area contributed by atoms with E-state index >= 15 is 0 Å². The van der Waals surface area contributed by atoms with Gasteiger partial charge in [-0.15, -0.1) is 0 Å². The Kier molecular flexibility index (Phi) is 12.7. The van der Waals surface area contributed by atoms with Crippen LogP contribution in [0.3, 0.4) is 0 Å². The second kappa shape index (κ2) is 16.3. The molecule has 258 valence electrons. The molecular weight excluding hydrogens is 602 g/mol. The number of allylic oxidation sites excluding steroid dienone is 3. The maximum absolute atomic E-state index is 12.5. The van der Waals surface area contributed by atoms with Gasteiger partial charge in [-0.05, 0) is 70.1 Å². The van der Waals surface area contributed by atoms with Crippen LogP contribution in [-0.4, -0.2) is 77.9 Å². The summed E-state index contributed by atoms with van der Waals surface area (Å²) in [5.41, 5.74) is 1.24. The summed E-state index contributed by atoms with van der Waals surface area (Å²) in [4.78, 5) is 36.1. The fourth-order valence-corrected chi connectivity index (χ4v) is 6.37. The Balaban J connectivity index is 1.26. The van der Waals surface area contributed by atoms with Crippen molar-refractivity contribution in [3.8, 4) is 0 Å². The Morgan fingerprint density at radius 2 is 1.87 bits per heavy atom. The van der Waals surface area contributed by atoms with Crippen molar-refractivity contribution in [2.75, 3.05) is 13.2 Å². The molecule has 3 aliphatic heterocycles. The normalized spacial score (nSPS) is 33.2. The number of hydrogen-bond donors (Lipinski definition) is 2. The molecule has 10 heteroatoms. The fourth-order valence-electron chi connectivity index (χ4n) is 6.37. The van der Waals surface area contributed by atoms with Gasteiger partial charge in [0, 0.05) is 26.3 Å². The number of esters is 1. The average Bonchev–Trinajstić information content (AvgIpc) is 3.79. The van der Waals surface area contributed by atoms with E-state index in [1.807, 2.05) is 56.3 Å². The van der Waals surface area contributed by atoms with E-state index in [2.05, 4.69) is 18.3 Å². The molecule has 0 aromatic heterocycles. The molecule has 1 aromatic rings. The second-order valence-electron chi connectivity index (χ2n) is 13.5. The van der Waals surface area contributed by atoms with Crippen LogP contribution in [0.15, 0.2) is 66.3 Å². The van der Waals surface area contributed by atoms with Gasteiger partial charge in [-0.1, -0.05) is 61.1 Å². The van der Waals surface area contributed by atoms with E-state index in [-0.39, 0.29) is 48.3 Å². The molecule has 0 saturated carbocycles. The lowest BCUT2D eigenvalue weighted by atomic mass is 9.81. The number of epoxide rings is 1. The molecule has 3 aliphatic rings. The highest BCUT2D eigenvalue weighted by molar-refractivity contribution is 5.89. The molecule has 10 nitrogen and oxygen atoms in total. The summed E-state index contributed by atoms with van der Waals surface area (Å²) < 4.78 is 29.3. The van der Waals surface area contributed by atoms with E-state index in [1.165, 1.54) is 13.0 Å². The number of ketones is 1. The number of aliphatic hydroxyl groups excluding tert-OH is 1. The highest BCUT2D eigenvalue weighted by Crippen LogP contribution is 2.47. The zero-order valence-corrected chi connectivity index (χ0v) is 28.5. The van der Waals surface area contributed by atoms with Crippen molar-refractivity contribution in [1.82, 2.24) is 5.32 Å². The summed E-state index contributed by atoms with van der Waals surface area (Å²) in [5, 5.41) is 13.9. The maximum Gasteiger partial charge on any atom is 0.303 e. The van der Waals surface area contributed by atoms with Gasteiger partial charge in [0.2, 0.25) is 5.91 Å². The van der Waals surface area contributed by atoms with E-state index in [9.17, 15) is 19.5 Å². The van der Waals surface area contributed by atoms with Crippen molar-refractivity contribution >= 4 is 17.7 Å². The van der Waals surface area contributed by atoms with Gasteiger partial charge in [-0.25, -0.2) is 0 Å². The SMILES string of the molecule is CC(=O)O[C@@H](C)/C=C\C(=O)C[C@@H]1C[C@H](C)[C@H](C/C=C(C)/C=C/[C@H]2O[C@](C)(OCC(=O)NCc3ccccc3)C[C@@]3(CO3)[C@@H]2O)O[C@@H]1C. The lowest BCUT2D eigenvalue weighted by Gasteiger charge is -2.43. The molecule has 3 saturated heterocycles. The van der Waals surface area contributed by atoms with Gasteiger partial charge < -0.3 is 34.1 Å². The summed E-state index contributed by atoms with van der Waals surface area (Å²) in [7, 11) is 0. The Morgan fingerprint density at radius 1 is 1.15 bits per heavy atom. The molecule has 0 radical (unpaired) electrons. The largest absolute Gasteiger partial charge is 0.459 e. The molecular formula is C37H51NO9. The number of aliphatic hydroxyl groups is 1. The highest BCUT2D eigenvalue weighted by Gasteiger charge is 2.62. The molecule has 3 fully saturated rings. The minimum atomic E-state index is -1.11. The molecule has 1 aromatic carbocycles. The Hall–Kier alpha value is -3.15. The average molecular weight is 654 g/mol. The number of carbonyl (C=O) groups excluding carboxylic acids is 3. The fraction of sp³-hybridized carbons (Fsp3) is 0.595. The van der Waals surface area contributed by atoms with E-state index in [4.69, 9.17) is 23.7 Å². The molecule has 47 heavy (non-hydrogen) atoms. The summed E-state index contributed by atoms with van der Waals surface area (Å²) in [6.07, 6.45) is 9.21. The van der Waals surface area contributed by atoms with Gasteiger partial charge in [-0.3, -0.25) is 14.4 Å². The van der Waals surface area contributed by atoms with Crippen LogP contribution in [0.5, 0.6) is 0 Å². The van der Waals surface area contributed by atoms with E-state index in [0.717, 1.165) is 17.6 Å². The molecule has 1 spiro atoms. The van der Waals surface area contributed by atoms with Crippen molar-refractivity contribution in [1.29, 1.82) is 0 Å². The second-order valence-corrected chi connectivity index (χ2v) is 13.5. The molecule has 3 heterocycles. The summed E-state index contributed by atoms with van der Waals surface area (Å²) in [5.74, 6) is -1.37. The van der Waals surface area contributed by atoms with Gasteiger partial charge in [0.1, 0.15) is 30.5 Å². The third-order valence-electron chi connectivity index (χ3n) is 9.16. The number of ether oxygens (including phenoxy) is 5. The monoisotopic (exact) mass is 653 g/mol. The number of rotatable bonds is 14. The molecule has 4 rings (SSSR count). The lowest BCUT2D eigenvalue weighted by Crippen LogP contribution is -2.56. The topological polar surface area (TPSA) is 133 Å². The Morgan fingerprint density at radius 3 is 2.55 bits per heavy atom. The minimum absolute atomic E-state index is 0.00528. The Bertz CT molecular complexity index is 1320. The predicted molar refractivity (Wildman–Crippen MR) is 176 cm³/mol. The maximum atomic E-state index is 12.5. The van der Waals surface area contributed by atoms with Crippen LogP contribution in [0, 0.1) is 11.8 Å². The highest BCUT2D eigenvalue weighted by atomic mass is 16.7. The number of amides is 1. The minimum Gasteiger partial charge on any atom is -0.459 e. The molecule has 2 N–H and O–H groups in total. The Labute approximate surface area is 278 Å². The smallest absolute Gasteiger partial charge is 0.303 e. The standard InChI is InChI=1S/C37H51NO9/c1-24(12-16-32-25(2)18-30(27(4)46-32)19-31(40)15-14-26(3)45-28(5)39)13-17-33-35(42)37(23-44-37)22-36(6,47-33)43-21-34(41)38-20-29-10-8-7-9-11-29/h7-15,17,25-27,30,32-33,35,42H,16,18-23H2,1-6H3,(H,38,41)/b15-14-,17-13+,24-12+/t25-,26-,27+,30-,32-,33+,35+,36-,37+/m0/s1. The van der Waals surface area contributed by atoms with Crippen molar-refractivity contribution < 1.29 is 43.2 Å². The van der Waals surface area contributed by atoms with Crippen LogP contribution in [0.1, 0.15) is 72.8 Å². The third-order valence-corrected chi connectivity index (χ3v) is 9.16. The van der Waals surface area contributed by atoms with Crippen molar-refractivity contribution in [3.05, 3.63) is 71.8 Å². The molecule has 0 bridgehead atoms. The van der Waals surface area contributed by atoms with E-state index in [1.54, 1.807) is 19.9 Å². The van der Waals surface area contributed by atoms with Crippen LogP contribution >= 0.6 is 0 Å². The first-order valence-corrected chi connectivity index (χ1v) is 16.6. The first-order valence-electron chi connectivity index (χ1n) is 16.6. The predicted octanol–water partition coefficient (Wildman–Crippen LogP) is 4.74. The molecule has 0 unspecified atom stereocenters. The van der Waals surface area contributed by atoms with Crippen LogP contribution < -0.4 is 5.32 Å². The van der Waals surface area contributed by atoms with Gasteiger partial charge >= 0.3 is 5.97 Å². The van der Waals surface area contributed by atoms with Gasteiger partial charge in [0.05, 0.1) is 18.8 Å². The number of carbonyl (C=O) groups is 3. The molecule has 9 atom stereocenters. The first kappa shape index (κ1) is 36.7. The van der Waals surface area contributed by atoms with E-state index < -0.39 is 29.7 Å². The van der Waals surface area contributed by atoms with E-state index in [0.29, 0.717) is 32.4 Å².